The number of methoxy groups -OCH3 is 1. The van der Waals surface area contributed by atoms with Gasteiger partial charge in [-0.2, -0.15) is 0 Å². The van der Waals surface area contributed by atoms with Crippen molar-refractivity contribution < 1.29 is 14.3 Å². The summed E-state index contributed by atoms with van der Waals surface area (Å²) in [5.74, 6) is 0.622. The number of hydrogen-bond acceptors (Lipinski definition) is 4. The highest BCUT2D eigenvalue weighted by Crippen LogP contribution is 2.28. The second-order valence-electron chi connectivity index (χ2n) is 7.75. The summed E-state index contributed by atoms with van der Waals surface area (Å²) in [6.07, 6.45) is 1.12. The summed E-state index contributed by atoms with van der Waals surface area (Å²) in [5, 5.41) is 3.59. The molecule has 1 heterocycles. The van der Waals surface area contributed by atoms with E-state index in [0.717, 1.165) is 17.7 Å². The van der Waals surface area contributed by atoms with Gasteiger partial charge in [-0.05, 0) is 55.3 Å². The van der Waals surface area contributed by atoms with E-state index in [1.165, 1.54) is 4.90 Å². The Morgan fingerprint density at radius 2 is 1.81 bits per heavy atom. The first kappa shape index (κ1) is 23.0. The summed E-state index contributed by atoms with van der Waals surface area (Å²) in [6.45, 7) is 8.43. The van der Waals surface area contributed by atoms with Crippen LogP contribution in [0.1, 0.15) is 36.2 Å². The maximum Gasteiger partial charge on any atom is 0.321 e. The zero-order valence-electron chi connectivity index (χ0n) is 18.7. The maximum atomic E-state index is 12.8. The molecule has 0 aliphatic carbocycles. The number of urea groups is 1. The zero-order chi connectivity index (χ0) is 22.4. The Morgan fingerprint density at radius 3 is 2.45 bits per heavy atom. The molecule has 0 saturated carbocycles. The molecule has 2 aromatic carbocycles. The van der Waals surface area contributed by atoms with E-state index >= 15 is 0 Å². The number of nitrogens with one attached hydrogen (secondary N) is 1. The van der Waals surface area contributed by atoms with Gasteiger partial charge in [0, 0.05) is 47.6 Å². The van der Waals surface area contributed by atoms with Crippen LogP contribution in [0.5, 0.6) is 5.75 Å². The summed E-state index contributed by atoms with van der Waals surface area (Å²) in [4.78, 5) is 30.3. The number of carbonyl (C=O) groups is 2. The Hall–Kier alpha value is -2.67. The molecule has 6 nitrogen and oxygen atoms in total. The lowest BCUT2D eigenvalue weighted by Gasteiger charge is -2.35. The van der Waals surface area contributed by atoms with E-state index in [1.807, 2.05) is 36.9 Å². The Bertz CT molecular complexity index is 926. The van der Waals surface area contributed by atoms with E-state index in [2.05, 4.69) is 31.3 Å². The molecule has 31 heavy (non-hydrogen) atoms. The summed E-state index contributed by atoms with van der Waals surface area (Å²) in [5.41, 5.74) is 2.48. The van der Waals surface area contributed by atoms with Crippen LogP contribution >= 0.6 is 11.8 Å². The molecule has 166 valence electrons. The fourth-order valence-electron chi connectivity index (χ4n) is 3.41. The molecule has 2 aromatic rings. The average Bonchev–Trinajstić information content (AvgIpc) is 2.80. The first-order valence-corrected chi connectivity index (χ1v) is 11.6. The molecule has 1 aliphatic heterocycles. The lowest BCUT2D eigenvalue weighted by molar-refractivity contribution is 0.0671. The normalized spacial score (nSPS) is 14.8. The van der Waals surface area contributed by atoms with Gasteiger partial charge in [0.15, 0.2) is 0 Å². The molecule has 0 bridgehead atoms. The molecule has 1 fully saturated rings. The second kappa shape index (κ2) is 10.6. The van der Waals surface area contributed by atoms with Crippen molar-refractivity contribution in [3.8, 4) is 5.75 Å². The molecule has 1 N–H and O–H groups in total. The molecule has 1 aliphatic rings. The van der Waals surface area contributed by atoms with Crippen molar-refractivity contribution in [3.63, 3.8) is 0 Å². The molecule has 0 spiro atoms. The highest BCUT2D eigenvalue weighted by molar-refractivity contribution is 7.99. The second-order valence-corrected chi connectivity index (χ2v) is 9.27. The third-order valence-corrected chi connectivity index (χ3v) is 6.78. The van der Waals surface area contributed by atoms with Crippen LogP contribution in [0.25, 0.3) is 0 Å². The van der Waals surface area contributed by atoms with Gasteiger partial charge in [-0.1, -0.05) is 19.9 Å². The van der Waals surface area contributed by atoms with Gasteiger partial charge < -0.3 is 19.9 Å². The average molecular weight is 442 g/mol. The van der Waals surface area contributed by atoms with Crippen molar-refractivity contribution >= 4 is 29.4 Å². The number of aryl methyl sites for hydroxylation is 1. The summed E-state index contributed by atoms with van der Waals surface area (Å²) in [7, 11) is 1.58. The summed E-state index contributed by atoms with van der Waals surface area (Å²) >= 11 is 1.85. The number of hydrogen-bond donors (Lipinski definition) is 1. The third-order valence-electron chi connectivity index (χ3n) is 5.52. The van der Waals surface area contributed by atoms with Crippen LogP contribution in [0, 0.1) is 6.92 Å². The Morgan fingerprint density at radius 1 is 1.10 bits per heavy atom. The maximum absolute atomic E-state index is 12.8. The first-order valence-electron chi connectivity index (χ1n) is 10.7. The molecule has 0 aromatic heterocycles. The molecular formula is C24H31N3O3S. The highest BCUT2D eigenvalue weighted by atomic mass is 32.2. The molecule has 7 heteroatoms. The highest BCUT2D eigenvalue weighted by Gasteiger charge is 2.25. The van der Waals surface area contributed by atoms with Crippen molar-refractivity contribution in [1.82, 2.24) is 9.80 Å². The van der Waals surface area contributed by atoms with E-state index in [9.17, 15) is 9.59 Å². The van der Waals surface area contributed by atoms with Gasteiger partial charge in [-0.3, -0.25) is 4.79 Å². The van der Waals surface area contributed by atoms with Crippen molar-refractivity contribution in [2.75, 3.05) is 38.6 Å². The fourth-order valence-corrected chi connectivity index (χ4v) is 4.43. The first-order chi connectivity index (χ1) is 14.9. The van der Waals surface area contributed by atoms with E-state index in [4.69, 9.17) is 4.74 Å². The molecular weight excluding hydrogens is 410 g/mol. The van der Waals surface area contributed by atoms with Crippen LogP contribution in [-0.4, -0.2) is 60.3 Å². The predicted molar refractivity (Wildman–Crippen MR) is 126 cm³/mol. The van der Waals surface area contributed by atoms with Gasteiger partial charge in [0.2, 0.25) is 0 Å². The fraction of sp³-hybridized carbons (Fsp3) is 0.417. The van der Waals surface area contributed by atoms with E-state index in [0.29, 0.717) is 42.7 Å². The molecule has 3 amide bonds. The smallest absolute Gasteiger partial charge is 0.321 e. The number of ether oxygens (including phenoxy) is 1. The summed E-state index contributed by atoms with van der Waals surface area (Å²) < 4.78 is 5.21. The van der Waals surface area contributed by atoms with E-state index in [-0.39, 0.29) is 11.9 Å². The van der Waals surface area contributed by atoms with Crippen LogP contribution in [0.3, 0.4) is 0 Å². The SMILES string of the molecule is CCC(C)Sc1ccc(NC(=O)N2CCN(C(=O)c3cccc(OC)c3)CC2)c(C)c1. The topological polar surface area (TPSA) is 61.9 Å². The lowest BCUT2D eigenvalue weighted by atomic mass is 10.1. The number of piperazine rings is 1. The van der Waals surface area contributed by atoms with Gasteiger partial charge in [-0.15, -0.1) is 11.8 Å². The Balaban J connectivity index is 1.55. The molecule has 3 rings (SSSR count). The van der Waals surface area contributed by atoms with Crippen LogP contribution in [0.15, 0.2) is 47.4 Å². The van der Waals surface area contributed by atoms with E-state index < -0.39 is 0 Å². The van der Waals surface area contributed by atoms with Crippen LogP contribution < -0.4 is 10.1 Å². The zero-order valence-corrected chi connectivity index (χ0v) is 19.5. The monoisotopic (exact) mass is 441 g/mol. The van der Waals surface area contributed by atoms with Crippen LogP contribution in [0.4, 0.5) is 10.5 Å². The largest absolute Gasteiger partial charge is 0.497 e. The van der Waals surface area contributed by atoms with E-state index in [1.54, 1.807) is 29.0 Å². The van der Waals surface area contributed by atoms with Gasteiger partial charge in [0.1, 0.15) is 5.75 Å². The van der Waals surface area contributed by atoms with Gasteiger partial charge in [0.25, 0.3) is 5.91 Å². The minimum absolute atomic E-state index is 0.0378. The van der Waals surface area contributed by atoms with Crippen LogP contribution in [0.2, 0.25) is 0 Å². The number of nitrogens with zero attached hydrogens (tertiary/aromatic N) is 2. The molecule has 0 radical (unpaired) electrons. The van der Waals surface area contributed by atoms with Gasteiger partial charge in [0.05, 0.1) is 7.11 Å². The minimum atomic E-state index is -0.126. The minimum Gasteiger partial charge on any atom is -0.497 e. The predicted octanol–water partition coefficient (Wildman–Crippen LogP) is 4.88. The molecule has 1 unspecified atom stereocenters. The van der Waals surface area contributed by atoms with Gasteiger partial charge >= 0.3 is 6.03 Å². The third kappa shape index (κ3) is 5.94. The van der Waals surface area contributed by atoms with Crippen molar-refractivity contribution in [1.29, 1.82) is 0 Å². The number of benzene rings is 2. The number of carbonyl (C=O) groups excluding carboxylic acids is 2. The molecule has 1 atom stereocenters. The Labute approximate surface area is 188 Å². The van der Waals surface area contributed by atoms with Gasteiger partial charge in [-0.25, -0.2) is 4.79 Å². The van der Waals surface area contributed by atoms with Crippen molar-refractivity contribution in [2.45, 2.75) is 37.3 Å². The number of anilines is 1. The number of amides is 3. The summed E-state index contributed by atoms with van der Waals surface area (Å²) in [6, 6.07) is 13.2. The number of rotatable bonds is 6. The lowest BCUT2D eigenvalue weighted by Crippen LogP contribution is -2.51. The van der Waals surface area contributed by atoms with Crippen LogP contribution in [-0.2, 0) is 0 Å². The number of thioether (sulfide) groups is 1. The molecule has 1 saturated heterocycles. The quantitative estimate of drug-likeness (QED) is 0.649. The standard InChI is InChI=1S/C24H31N3O3S/c1-5-18(3)31-21-9-10-22(17(2)15-21)25-24(29)27-13-11-26(12-14-27)23(28)19-7-6-8-20(16-19)30-4/h6-10,15-16,18H,5,11-14H2,1-4H3,(H,25,29). The Kier molecular flexibility index (Phi) is 7.85. The van der Waals surface area contributed by atoms with Crippen molar-refractivity contribution in [2.24, 2.45) is 0 Å². The van der Waals surface area contributed by atoms with Crippen molar-refractivity contribution in [3.05, 3.63) is 53.6 Å².